The average Bonchev–Trinajstić information content (AvgIpc) is 3.16. The van der Waals surface area contributed by atoms with Gasteiger partial charge in [0.1, 0.15) is 0 Å². The smallest absolute Gasteiger partial charge is 0.306 e. The van der Waals surface area contributed by atoms with Crippen molar-refractivity contribution in [2.75, 3.05) is 11.9 Å². The highest BCUT2D eigenvalue weighted by Gasteiger charge is 2.40. The van der Waals surface area contributed by atoms with Crippen molar-refractivity contribution in [3.05, 3.63) is 29.8 Å². The Bertz CT molecular complexity index is 650. The van der Waals surface area contributed by atoms with Gasteiger partial charge in [0.25, 0.3) is 5.91 Å². The minimum atomic E-state index is -0.388. The van der Waals surface area contributed by atoms with E-state index in [-0.39, 0.29) is 18.5 Å². The summed E-state index contributed by atoms with van der Waals surface area (Å²) in [5.74, 6) is 1.24. The first kappa shape index (κ1) is 15.5. The van der Waals surface area contributed by atoms with Crippen LogP contribution in [0.4, 0.5) is 5.69 Å². The fourth-order valence-electron chi connectivity index (χ4n) is 3.91. The number of rotatable bonds is 5. The molecule has 0 saturated heterocycles. The molecule has 120 valence electrons. The number of hydrogen-bond acceptors (Lipinski definition) is 4. The molecule has 1 aromatic rings. The van der Waals surface area contributed by atoms with Crippen molar-refractivity contribution < 1.29 is 14.3 Å². The quantitative estimate of drug-likeness (QED) is 0.848. The first-order chi connectivity index (χ1) is 11.1. The monoisotopic (exact) mass is 312 g/mol. The van der Waals surface area contributed by atoms with Crippen LogP contribution in [0.3, 0.4) is 0 Å². The van der Waals surface area contributed by atoms with Crippen LogP contribution in [-0.2, 0) is 14.3 Å². The Morgan fingerprint density at radius 2 is 2.17 bits per heavy atom. The van der Waals surface area contributed by atoms with Gasteiger partial charge in [-0.3, -0.25) is 9.59 Å². The van der Waals surface area contributed by atoms with Crippen molar-refractivity contribution in [2.45, 2.75) is 32.1 Å². The molecule has 2 saturated carbocycles. The van der Waals surface area contributed by atoms with Crippen molar-refractivity contribution in [2.24, 2.45) is 17.8 Å². The normalized spacial score (nSPS) is 24.9. The van der Waals surface area contributed by atoms with Crippen molar-refractivity contribution >= 4 is 17.6 Å². The van der Waals surface area contributed by atoms with Crippen LogP contribution in [0.5, 0.6) is 0 Å². The van der Waals surface area contributed by atoms with Crippen molar-refractivity contribution in [3.63, 3.8) is 0 Å². The van der Waals surface area contributed by atoms with E-state index in [9.17, 15) is 9.59 Å². The van der Waals surface area contributed by atoms with E-state index in [0.717, 1.165) is 12.3 Å². The summed E-state index contributed by atoms with van der Waals surface area (Å²) in [7, 11) is 0. The van der Waals surface area contributed by atoms with Gasteiger partial charge in [0.15, 0.2) is 6.61 Å². The Labute approximate surface area is 135 Å². The maximum Gasteiger partial charge on any atom is 0.306 e. The van der Waals surface area contributed by atoms with Crippen LogP contribution >= 0.6 is 0 Å². The van der Waals surface area contributed by atoms with E-state index in [2.05, 4.69) is 5.32 Å². The molecule has 0 aliphatic heterocycles. The Hall–Kier alpha value is -2.35. The molecule has 2 fully saturated rings. The number of hydrogen-bond donors (Lipinski definition) is 1. The van der Waals surface area contributed by atoms with Crippen LogP contribution in [0.1, 0.15) is 37.7 Å². The van der Waals surface area contributed by atoms with E-state index in [4.69, 9.17) is 10.00 Å². The van der Waals surface area contributed by atoms with Crippen LogP contribution in [-0.4, -0.2) is 18.5 Å². The zero-order valence-corrected chi connectivity index (χ0v) is 13.0. The second-order valence-corrected chi connectivity index (χ2v) is 6.54. The third-order valence-corrected chi connectivity index (χ3v) is 4.95. The molecule has 3 atom stereocenters. The molecular weight excluding hydrogens is 292 g/mol. The standard InChI is InChI=1S/C18H20N2O3/c19-10-13-2-1-3-16(8-13)20-17(21)11-23-18(22)9-15-7-12-4-5-14(15)6-12/h1-3,8,12,14-15H,4-7,9,11H2,(H,20,21)/t12-,14+,15-/m0/s1. The van der Waals surface area contributed by atoms with Gasteiger partial charge < -0.3 is 10.1 Å². The molecule has 2 aliphatic rings. The Morgan fingerprint density at radius 3 is 2.87 bits per heavy atom. The van der Waals surface area contributed by atoms with E-state index in [1.54, 1.807) is 24.3 Å². The Morgan fingerprint density at radius 1 is 1.30 bits per heavy atom. The molecule has 2 aliphatic carbocycles. The number of carbonyl (C=O) groups is 2. The lowest BCUT2D eigenvalue weighted by Crippen LogP contribution is -2.23. The minimum absolute atomic E-state index is 0.281. The zero-order chi connectivity index (χ0) is 16.2. The number of carbonyl (C=O) groups excluding carboxylic acids is 2. The first-order valence-corrected chi connectivity index (χ1v) is 8.09. The first-order valence-electron chi connectivity index (χ1n) is 8.09. The molecule has 1 aromatic carbocycles. The highest BCUT2D eigenvalue weighted by molar-refractivity contribution is 5.92. The van der Waals surface area contributed by atoms with Gasteiger partial charge in [0.2, 0.25) is 0 Å². The van der Waals surface area contributed by atoms with E-state index in [1.807, 2.05) is 6.07 Å². The molecule has 0 radical (unpaired) electrons. The van der Waals surface area contributed by atoms with Crippen LogP contribution < -0.4 is 5.32 Å². The zero-order valence-electron chi connectivity index (χ0n) is 13.0. The third-order valence-electron chi connectivity index (χ3n) is 4.95. The summed E-state index contributed by atoms with van der Waals surface area (Å²) in [4.78, 5) is 23.7. The molecule has 2 bridgehead atoms. The molecule has 0 aromatic heterocycles. The summed E-state index contributed by atoms with van der Waals surface area (Å²) in [5.41, 5.74) is 0.995. The predicted molar refractivity (Wildman–Crippen MR) is 84.3 cm³/mol. The fourth-order valence-corrected chi connectivity index (χ4v) is 3.91. The summed E-state index contributed by atoms with van der Waals surface area (Å²) in [6.07, 6.45) is 5.36. The number of nitriles is 1. The number of esters is 1. The SMILES string of the molecule is N#Cc1cccc(NC(=O)COC(=O)C[C@@H]2C[C@H]3CC[C@@H]2C3)c1. The highest BCUT2D eigenvalue weighted by Crippen LogP contribution is 2.49. The second kappa shape index (κ2) is 6.82. The molecule has 0 heterocycles. The van der Waals surface area contributed by atoms with Gasteiger partial charge in [0.05, 0.1) is 11.6 Å². The largest absolute Gasteiger partial charge is 0.456 e. The molecule has 1 N–H and O–H groups in total. The van der Waals surface area contributed by atoms with Gasteiger partial charge >= 0.3 is 5.97 Å². The summed E-state index contributed by atoms with van der Waals surface area (Å²) in [6.45, 7) is -0.281. The van der Waals surface area contributed by atoms with Gasteiger partial charge in [0, 0.05) is 12.1 Å². The lowest BCUT2D eigenvalue weighted by Gasteiger charge is -2.20. The molecule has 0 unspecified atom stereocenters. The van der Waals surface area contributed by atoms with E-state index < -0.39 is 0 Å². The van der Waals surface area contributed by atoms with Crippen LogP contribution in [0, 0.1) is 29.1 Å². The van der Waals surface area contributed by atoms with Gasteiger partial charge in [-0.25, -0.2) is 0 Å². The number of benzene rings is 1. The van der Waals surface area contributed by atoms with E-state index in [0.29, 0.717) is 29.5 Å². The molecule has 5 nitrogen and oxygen atoms in total. The third kappa shape index (κ3) is 3.89. The number of anilines is 1. The van der Waals surface area contributed by atoms with Crippen LogP contribution in [0.15, 0.2) is 24.3 Å². The number of nitrogens with one attached hydrogen (secondary N) is 1. The topological polar surface area (TPSA) is 79.2 Å². The van der Waals surface area contributed by atoms with Gasteiger partial charge in [-0.2, -0.15) is 5.26 Å². The Kier molecular flexibility index (Phi) is 4.61. The van der Waals surface area contributed by atoms with Crippen molar-refractivity contribution in [1.29, 1.82) is 5.26 Å². The average molecular weight is 312 g/mol. The van der Waals surface area contributed by atoms with Crippen LogP contribution in [0.25, 0.3) is 0 Å². The van der Waals surface area contributed by atoms with Crippen molar-refractivity contribution in [1.82, 2.24) is 0 Å². The van der Waals surface area contributed by atoms with Gasteiger partial charge in [-0.05, 0) is 55.2 Å². The Balaban J connectivity index is 1.41. The second-order valence-electron chi connectivity index (χ2n) is 6.54. The molecule has 23 heavy (non-hydrogen) atoms. The van der Waals surface area contributed by atoms with Crippen LogP contribution in [0.2, 0.25) is 0 Å². The number of fused-ring (bicyclic) bond motifs is 2. The number of ether oxygens (including phenoxy) is 1. The number of nitrogens with zero attached hydrogens (tertiary/aromatic N) is 1. The molecular formula is C18H20N2O3. The summed E-state index contributed by atoms with van der Waals surface area (Å²) < 4.78 is 5.09. The molecule has 5 heteroatoms. The summed E-state index contributed by atoms with van der Waals surface area (Å²) >= 11 is 0. The summed E-state index contributed by atoms with van der Waals surface area (Å²) in [6, 6.07) is 8.62. The predicted octanol–water partition coefficient (Wildman–Crippen LogP) is 2.87. The van der Waals surface area contributed by atoms with E-state index in [1.165, 1.54) is 19.3 Å². The molecule has 3 rings (SSSR count). The number of amides is 1. The van der Waals surface area contributed by atoms with E-state index >= 15 is 0 Å². The fraction of sp³-hybridized carbons (Fsp3) is 0.500. The lowest BCUT2D eigenvalue weighted by molar-refractivity contribution is -0.148. The molecule has 1 amide bonds. The minimum Gasteiger partial charge on any atom is -0.456 e. The maximum absolute atomic E-state index is 11.9. The van der Waals surface area contributed by atoms with Gasteiger partial charge in [-0.1, -0.05) is 12.5 Å². The highest BCUT2D eigenvalue weighted by atomic mass is 16.5. The lowest BCUT2D eigenvalue weighted by atomic mass is 9.86. The summed E-state index contributed by atoms with van der Waals surface area (Å²) in [5, 5.41) is 11.4. The van der Waals surface area contributed by atoms with Crippen molar-refractivity contribution in [3.8, 4) is 6.07 Å². The van der Waals surface area contributed by atoms with Gasteiger partial charge in [-0.15, -0.1) is 0 Å². The molecule has 0 spiro atoms. The maximum atomic E-state index is 11.9.